The Morgan fingerprint density at radius 3 is 2.60 bits per heavy atom. The second-order valence-corrected chi connectivity index (χ2v) is 7.31. The summed E-state index contributed by atoms with van der Waals surface area (Å²) in [6, 6.07) is 14.5. The molecule has 0 unspecified atom stereocenters. The fourth-order valence-electron chi connectivity index (χ4n) is 2.86. The summed E-state index contributed by atoms with van der Waals surface area (Å²) >= 11 is 12.0. The highest BCUT2D eigenvalue weighted by atomic mass is 35.5. The van der Waals surface area contributed by atoms with E-state index in [-0.39, 0.29) is 11.4 Å². The molecule has 0 fully saturated rings. The molecule has 0 bridgehead atoms. The van der Waals surface area contributed by atoms with Crippen LogP contribution in [0.15, 0.2) is 66.1 Å². The van der Waals surface area contributed by atoms with Crippen molar-refractivity contribution in [2.24, 2.45) is 10.9 Å². The summed E-state index contributed by atoms with van der Waals surface area (Å²) < 4.78 is 1.57. The number of amidine groups is 1. The topological polar surface area (TPSA) is 94.9 Å². The van der Waals surface area contributed by atoms with E-state index in [0.29, 0.717) is 21.3 Å². The molecule has 0 saturated heterocycles. The van der Waals surface area contributed by atoms with Crippen LogP contribution in [-0.4, -0.2) is 26.4 Å². The molecule has 7 nitrogen and oxygen atoms in total. The third-order valence-corrected chi connectivity index (χ3v) is 4.95. The Balaban J connectivity index is 1.63. The Labute approximate surface area is 181 Å². The number of aryl methyl sites for hydroxylation is 1. The minimum Gasteiger partial charge on any atom is -0.380 e. The van der Waals surface area contributed by atoms with Gasteiger partial charge in [0.2, 0.25) is 0 Å². The lowest BCUT2D eigenvalue weighted by atomic mass is 10.1. The predicted octanol–water partition coefficient (Wildman–Crippen LogP) is 4.49. The van der Waals surface area contributed by atoms with E-state index in [0.717, 1.165) is 16.8 Å². The number of fused-ring (bicyclic) bond motifs is 1. The zero-order valence-corrected chi connectivity index (χ0v) is 17.2. The minimum atomic E-state index is -0.744. The van der Waals surface area contributed by atoms with Crippen LogP contribution in [0.4, 0.5) is 0 Å². The molecule has 0 saturated carbocycles. The van der Waals surface area contributed by atoms with Gasteiger partial charge in [0, 0.05) is 22.3 Å². The van der Waals surface area contributed by atoms with Crippen LogP contribution in [0.3, 0.4) is 0 Å². The SMILES string of the molecule is Cc1ccc(-c2ccnc3c(C(=O)O/N=C(\N)c4ccc(Cl)cc4Cl)cnn23)cc1. The van der Waals surface area contributed by atoms with E-state index >= 15 is 0 Å². The second-order valence-electron chi connectivity index (χ2n) is 6.47. The first-order valence-corrected chi connectivity index (χ1v) is 9.59. The fraction of sp³-hybridized carbons (Fsp3) is 0.0476. The number of aromatic nitrogens is 3. The van der Waals surface area contributed by atoms with Gasteiger partial charge in [-0.25, -0.2) is 14.3 Å². The molecule has 150 valence electrons. The number of benzene rings is 2. The first kappa shape index (κ1) is 19.9. The quantitative estimate of drug-likeness (QED) is 0.218. The van der Waals surface area contributed by atoms with E-state index in [2.05, 4.69) is 15.2 Å². The molecule has 0 spiro atoms. The van der Waals surface area contributed by atoms with Gasteiger partial charge < -0.3 is 10.6 Å². The first-order valence-electron chi connectivity index (χ1n) is 8.84. The molecule has 4 aromatic rings. The average molecular weight is 440 g/mol. The summed E-state index contributed by atoms with van der Waals surface area (Å²) in [6.45, 7) is 2.01. The third-order valence-electron chi connectivity index (χ3n) is 4.40. The summed E-state index contributed by atoms with van der Waals surface area (Å²) in [7, 11) is 0. The molecular formula is C21H15Cl2N5O2. The molecule has 2 heterocycles. The van der Waals surface area contributed by atoms with Crippen LogP contribution in [0.25, 0.3) is 16.9 Å². The minimum absolute atomic E-state index is 0.0604. The maximum Gasteiger partial charge on any atom is 0.371 e. The Bertz CT molecular complexity index is 1280. The fourth-order valence-corrected chi connectivity index (χ4v) is 3.37. The van der Waals surface area contributed by atoms with Gasteiger partial charge in [0.05, 0.1) is 16.9 Å². The molecule has 0 atom stereocenters. The summed E-state index contributed by atoms with van der Waals surface area (Å²) in [6.07, 6.45) is 2.98. The standard InChI is InChI=1S/C21H15Cl2N5O2/c1-12-2-4-13(5-3-12)18-8-9-25-20-16(11-26-28(18)20)21(29)30-27-19(24)15-7-6-14(22)10-17(15)23/h2-11H,1H3,(H2,24,27). The third kappa shape index (κ3) is 3.85. The lowest BCUT2D eigenvalue weighted by molar-refractivity contribution is 0.0518. The zero-order chi connectivity index (χ0) is 21.3. The highest BCUT2D eigenvalue weighted by Gasteiger charge is 2.18. The maximum atomic E-state index is 12.6. The van der Waals surface area contributed by atoms with Crippen LogP contribution >= 0.6 is 23.2 Å². The van der Waals surface area contributed by atoms with E-state index in [9.17, 15) is 4.79 Å². The molecular weight excluding hydrogens is 425 g/mol. The van der Waals surface area contributed by atoms with Crippen LogP contribution in [0.5, 0.6) is 0 Å². The normalized spacial score (nSPS) is 11.6. The number of hydrogen-bond acceptors (Lipinski definition) is 5. The monoisotopic (exact) mass is 439 g/mol. The van der Waals surface area contributed by atoms with Crippen LogP contribution < -0.4 is 5.73 Å². The summed E-state index contributed by atoms with van der Waals surface area (Å²) in [5, 5.41) is 8.72. The highest BCUT2D eigenvalue weighted by molar-refractivity contribution is 6.36. The summed E-state index contributed by atoms with van der Waals surface area (Å²) in [5.74, 6) is -0.804. The van der Waals surface area contributed by atoms with Gasteiger partial charge in [-0.15, -0.1) is 0 Å². The van der Waals surface area contributed by atoms with Crippen molar-refractivity contribution in [1.29, 1.82) is 0 Å². The molecule has 0 aliphatic carbocycles. The van der Waals surface area contributed by atoms with E-state index in [4.69, 9.17) is 33.8 Å². The van der Waals surface area contributed by atoms with E-state index < -0.39 is 5.97 Å². The molecule has 0 radical (unpaired) electrons. The van der Waals surface area contributed by atoms with Crippen molar-refractivity contribution in [3.05, 3.63) is 87.7 Å². The van der Waals surface area contributed by atoms with Gasteiger partial charge in [0.1, 0.15) is 5.56 Å². The number of carbonyl (C=O) groups is 1. The van der Waals surface area contributed by atoms with Crippen molar-refractivity contribution < 1.29 is 9.63 Å². The number of nitrogens with zero attached hydrogens (tertiary/aromatic N) is 4. The first-order chi connectivity index (χ1) is 14.4. The second kappa shape index (κ2) is 8.14. The maximum absolute atomic E-state index is 12.6. The molecule has 0 aliphatic heterocycles. The van der Waals surface area contributed by atoms with Gasteiger partial charge in [0.15, 0.2) is 11.5 Å². The number of halogens is 2. The van der Waals surface area contributed by atoms with Crippen LogP contribution in [0.2, 0.25) is 10.0 Å². The molecule has 30 heavy (non-hydrogen) atoms. The van der Waals surface area contributed by atoms with Gasteiger partial charge in [-0.1, -0.05) is 58.2 Å². The largest absolute Gasteiger partial charge is 0.380 e. The van der Waals surface area contributed by atoms with Gasteiger partial charge in [-0.3, -0.25) is 0 Å². The smallest absolute Gasteiger partial charge is 0.371 e. The van der Waals surface area contributed by atoms with Gasteiger partial charge in [0.25, 0.3) is 0 Å². The zero-order valence-electron chi connectivity index (χ0n) is 15.7. The lowest BCUT2D eigenvalue weighted by Gasteiger charge is -2.05. The van der Waals surface area contributed by atoms with Crippen LogP contribution in [0.1, 0.15) is 21.5 Å². The molecule has 9 heteroatoms. The van der Waals surface area contributed by atoms with E-state index in [1.807, 2.05) is 37.3 Å². The number of rotatable bonds is 4. The Morgan fingerprint density at radius 1 is 1.10 bits per heavy atom. The van der Waals surface area contributed by atoms with Crippen molar-refractivity contribution in [1.82, 2.24) is 14.6 Å². The van der Waals surface area contributed by atoms with Crippen molar-refractivity contribution in [2.45, 2.75) is 6.92 Å². The van der Waals surface area contributed by atoms with Crippen molar-refractivity contribution in [2.75, 3.05) is 0 Å². The number of oxime groups is 1. The van der Waals surface area contributed by atoms with Crippen molar-refractivity contribution in [3.8, 4) is 11.3 Å². The van der Waals surface area contributed by atoms with Crippen molar-refractivity contribution in [3.63, 3.8) is 0 Å². The van der Waals surface area contributed by atoms with Gasteiger partial charge >= 0.3 is 5.97 Å². The number of nitrogens with two attached hydrogens (primary N) is 1. The molecule has 2 aromatic heterocycles. The average Bonchev–Trinajstić information content (AvgIpc) is 3.17. The van der Waals surface area contributed by atoms with Gasteiger partial charge in [-0.05, 0) is 31.2 Å². The van der Waals surface area contributed by atoms with Crippen LogP contribution in [-0.2, 0) is 4.84 Å². The predicted molar refractivity (Wildman–Crippen MR) is 116 cm³/mol. The molecule has 0 amide bonds. The van der Waals surface area contributed by atoms with E-state index in [1.165, 1.54) is 12.3 Å². The van der Waals surface area contributed by atoms with Gasteiger partial charge in [-0.2, -0.15) is 5.10 Å². The van der Waals surface area contributed by atoms with E-state index in [1.54, 1.807) is 22.8 Å². The Morgan fingerprint density at radius 2 is 1.87 bits per heavy atom. The molecule has 2 aromatic carbocycles. The molecule has 4 rings (SSSR count). The van der Waals surface area contributed by atoms with Crippen LogP contribution in [0, 0.1) is 6.92 Å². The Hall–Kier alpha value is -3.42. The molecule has 2 N–H and O–H groups in total. The summed E-state index contributed by atoms with van der Waals surface area (Å²) in [4.78, 5) is 21.8. The lowest BCUT2D eigenvalue weighted by Crippen LogP contribution is -2.16. The highest BCUT2D eigenvalue weighted by Crippen LogP contribution is 2.23. The number of hydrogen-bond donors (Lipinski definition) is 1. The Kier molecular flexibility index (Phi) is 5.39. The molecule has 0 aliphatic rings. The number of carbonyl (C=O) groups excluding carboxylic acids is 1. The summed E-state index contributed by atoms with van der Waals surface area (Å²) in [5.41, 5.74) is 9.65. The van der Waals surface area contributed by atoms with Crippen molar-refractivity contribution >= 4 is 40.7 Å².